The summed E-state index contributed by atoms with van der Waals surface area (Å²) in [4.78, 5) is 1.15. The van der Waals surface area contributed by atoms with E-state index in [1.165, 1.54) is 6.07 Å². The van der Waals surface area contributed by atoms with E-state index in [0.29, 0.717) is 5.39 Å². The Bertz CT molecular complexity index is 447. The van der Waals surface area contributed by atoms with Crippen molar-refractivity contribution in [1.29, 1.82) is 0 Å². The Morgan fingerprint density at radius 2 is 2.29 bits per heavy atom. The standard InChI is InChI=1S/C11H12FNS/c1-7(13)5-8-6-9-10(12)3-2-4-11(9)14-8/h2-4,6-7H,5,13H2,1H3. The Morgan fingerprint density at radius 3 is 2.93 bits per heavy atom. The molecule has 74 valence electrons. The maximum Gasteiger partial charge on any atom is 0.131 e. The van der Waals surface area contributed by atoms with Crippen molar-refractivity contribution in [2.75, 3.05) is 0 Å². The van der Waals surface area contributed by atoms with Gasteiger partial charge in [-0.2, -0.15) is 0 Å². The van der Waals surface area contributed by atoms with Gasteiger partial charge in [0.2, 0.25) is 0 Å². The first-order chi connectivity index (χ1) is 6.66. The second-order valence-electron chi connectivity index (χ2n) is 3.55. The van der Waals surface area contributed by atoms with Crippen molar-refractivity contribution < 1.29 is 4.39 Å². The van der Waals surface area contributed by atoms with Crippen LogP contribution in [0, 0.1) is 5.82 Å². The Kier molecular flexibility index (Phi) is 2.52. The second kappa shape index (κ2) is 3.67. The molecule has 0 fully saturated rings. The highest BCUT2D eigenvalue weighted by Gasteiger charge is 2.06. The van der Waals surface area contributed by atoms with Gasteiger partial charge in [-0.05, 0) is 31.5 Å². The molecule has 1 heterocycles. The zero-order chi connectivity index (χ0) is 10.1. The van der Waals surface area contributed by atoms with E-state index >= 15 is 0 Å². The summed E-state index contributed by atoms with van der Waals surface area (Å²) >= 11 is 1.62. The van der Waals surface area contributed by atoms with E-state index in [-0.39, 0.29) is 11.9 Å². The monoisotopic (exact) mass is 209 g/mol. The highest BCUT2D eigenvalue weighted by molar-refractivity contribution is 7.19. The summed E-state index contributed by atoms with van der Waals surface area (Å²) in [5.74, 6) is -0.144. The maximum atomic E-state index is 13.3. The Balaban J connectivity index is 2.46. The van der Waals surface area contributed by atoms with Crippen molar-refractivity contribution >= 4 is 21.4 Å². The van der Waals surface area contributed by atoms with Gasteiger partial charge in [0.05, 0.1) is 0 Å². The van der Waals surface area contributed by atoms with Gasteiger partial charge in [-0.3, -0.25) is 0 Å². The predicted molar refractivity (Wildman–Crippen MR) is 59.1 cm³/mol. The molecule has 1 unspecified atom stereocenters. The van der Waals surface area contributed by atoms with Crippen molar-refractivity contribution in [2.24, 2.45) is 5.73 Å². The van der Waals surface area contributed by atoms with E-state index < -0.39 is 0 Å². The molecular formula is C11H12FNS. The lowest BCUT2D eigenvalue weighted by Crippen LogP contribution is -2.16. The summed E-state index contributed by atoms with van der Waals surface area (Å²) in [7, 11) is 0. The third-order valence-corrected chi connectivity index (χ3v) is 3.21. The third kappa shape index (κ3) is 1.79. The van der Waals surface area contributed by atoms with Crippen molar-refractivity contribution in [3.8, 4) is 0 Å². The number of rotatable bonds is 2. The van der Waals surface area contributed by atoms with Gasteiger partial charge in [0.25, 0.3) is 0 Å². The average molecular weight is 209 g/mol. The maximum absolute atomic E-state index is 13.3. The Hall–Kier alpha value is -0.930. The van der Waals surface area contributed by atoms with Crippen LogP contribution in [-0.4, -0.2) is 6.04 Å². The minimum Gasteiger partial charge on any atom is -0.328 e. The van der Waals surface area contributed by atoms with Gasteiger partial charge in [0.15, 0.2) is 0 Å². The summed E-state index contributed by atoms with van der Waals surface area (Å²) in [6, 6.07) is 7.20. The second-order valence-corrected chi connectivity index (χ2v) is 4.71. The summed E-state index contributed by atoms with van der Waals surface area (Å²) in [6.07, 6.45) is 0.818. The van der Waals surface area contributed by atoms with Crippen molar-refractivity contribution in [3.63, 3.8) is 0 Å². The van der Waals surface area contributed by atoms with E-state index in [1.807, 2.05) is 19.1 Å². The quantitative estimate of drug-likeness (QED) is 0.808. The van der Waals surface area contributed by atoms with Crippen LogP contribution >= 0.6 is 11.3 Å². The molecule has 2 aromatic rings. The fraction of sp³-hybridized carbons (Fsp3) is 0.273. The van der Waals surface area contributed by atoms with Crippen LogP contribution in [0.5, 0.6) is 0 Å². The molecule has 0 radical (unpaired) electrons. The number of fused-ring (bicyclic) bond motifs is 1. The molecule has 0 aliphatic carbocycles. The zero-order valence-electron chi connectivity index (χ0n) is 7.96. The molecule has 0 amide bonds. The van der Waals surface area contributed by atoms with Crippen molar-refractivity contribution in [2.45, 2.75) is 19.4 Å². The normalized spacial score (nSPS) is 13.4. The molecule has 1 aromatic carbocycles. The van der Waals surface area contributed by atoms with Crippen molar-refractivity contribution in [1.82, 2.24) is 0 Å². The fourth-order valence-corrected chi connectivity index (χ4v) is 2.71. The van der Waals surface area contributed by atoms with Gasteiger partial charge in [0.1, 0.15) is 5.82 Å². The molecule has 0 aliphatic rings. The number of halogens is 1. The van der Waals surface area contributed by atoms with Crippen LogP contribution in [0.4, 0.5) is 4.39 Å². The van der Waals surface area contributed by atoms with Gasteiger partial charge >= 0.3 is 0 Å². The molecule has 3 heteroatoms. The fourth-order valence-electron chi connectivity index (χ4n) is 1.50. The lowest BCUT2D eigenvalue weighted by atomic mass is 10.2. The van der Waals surface area contributed by atoms with Crippen LogP contribution < -0.4 is 5.73 Å². The smallest absolute Gasteiger partial charge is 0.131 e. The van der Waals surface area contributed by atoms with Gasteiger partial charge in [-0.1, -0.05) is 6.07 Å². The zero-order valence-corrected chi connectivity index (χ0v) is 8.77. The molecule has 14 heavy (non-hydrogen) atoms. The minimum atomic E-state index is -0.144. The van der Waals surface area contributed by atoms with Crippen LogP contribution in [0.3, 0.4) is 0 Å². The molecule has 0 aliphatic heterocycles. The van der Waals surface area contributed by atoms with Crippen LogP contribution in [-0.2, 0) is 6.42 Å². The number of thiophene rings is 1. The minimum absolute atomic E-state index is 0.131. The molecular weight excluding hydrogens is 197 g/mol. The Morgan fingerprint density at radius 1 is 1.50 bits per heavy atom. The lowest BCUT2D eigenvalue weighted by Gasteiger charge is -1.99. The number of hydrogen-bond donors (Lipinski definition) is 1. The van der Waals surface area contributed by atoms with E-state index in [1.54, 1.807) is 17.4 Å². The highest BCUT2D eigenvalue weighted by atomic mass is 32.1. The van der Waals surface area contributed by atoms with E-state index in [4.69, 9.17) is 5.73 Å². The van der Waals surface area contributed by atoms with Gasteiger partial charge in [0, 0.05) is 21.0 Å². The van der Waals surface area contributed by atoms with Gasteiger partial charge in [-0.25, -0.2) is 4.39 Å². The molecule has 2 rings (SSSR count). The molecule has 0 spiro atoms. The van der Waals surface area contributed by atoms with Gasteiger partial charge < -0.3 is 5.73 Å². The van der Waals surface area contributed by atoms with E-state index in [0.717, 1.165) is 16.0 Å². The predicted octanol–water partition coefficient (Wildman–Crippen LogP) is 2.93. The number of hydrogen-bond acceptors (Lipinski definition) is 2. The molecule has 1 aromatic heterocycles. The molecule has 1 nitrogen and oxygen atoms in total. The van der Waals surface area contributed by atoms with E-state index in [2.05, 4.69) is 0 Å². The highest BCUT2D eigenvalue weighted by Crippen LogP contribution is 2.28. The molecule has 0 saturated heterocycles. The average Bonchev–Trinajstić information content (AvgIpc) is 2.47. The van der Waals surface area contributed by atoms with Gasteiger partial charge in [-0.15, -0.1) is 11.3 Å². The third-order valence-electron chi connectivity index (χ3n) is 2.08. The first-order valence-electron chi connectivity index (χ1n) is 4.59. The summed E-state index contributed by atoms with van der Waals surface area (Å²) in [6.45, 7) is 1.96. The molecule has 2 N–H and O–H groups in total. The Labute approximate surface area is 86.4 Å². The van der Waals surface area contributed by atoms with Crippen molar-refractivity contribution in [3.05, 3.63) is 35.0 Å². The first-order valence-corrected chi connectivity index (χ1v) is 5.41. The van der Waals surface area contributed by atoms with Crippen LogP contribution in [0.25, 0.3) is 10.1 Å². The number of benzene rings is 1. The molecule has 0 bridgehead atoms. The first kappa shape index (κ1) is 9.62. The van der Waals surface area contributed by atoms with Crippen LogP contribution in [0.1, 0.15) is 11.8 Å². The summed E-state index contributed by atoms with van der Waals surface area (Å²) in [5, 5.41) is 0.716. The SMILES string of the molecule is CC(N)Cc1cc2c(F)cccc2s1. The largest absolute Gasteiger partial charge is 0.328 e. The lowest BCUT2D eigenvalue weighted by molar-refractivity contribution is 0.640. The van der Waals surface area contributed by atoms with Crippen LogP contribution in [0.2, 0.25) is 0 Å². The van der Waals surface area contributed by atoms with E-state index in [9.17, 15) is 4.39 Å². The number of nitrogens with two attached hydrogens (primary N) is 1. The molecule has 1 atom stereocenters. The summed E-state index contributed by atoms with van der Waals surface area (Å²) < 4.78 is 14.3. The molecule has 0 saturated carbocycles. The topological polar surface area (TPSA) is 26.0 Å². The summed E-state index contributed by atoms with van der Waals surface area (Å²) in [5.41, 5.74) is 5.70. The van der Waals surface area contributed by atoms with Crippen LogP contribution in [0.15, 0.2) is 24.3 Å².